The first-order valence-electron chi connectivity index (χ1n) is 8.83. The van der Waals surface area contributed by atoms with E-state index in [2.05, 4.69) is 0 Å². The van der Waals surface area contributed by atoms with E-state index in [4.69, 9.17) is 14.2 Å². The summed E-state index contributed by atoms with van der Waals surface area (Å²) in [4.78, 5) is 12.1. The van der Waals surface area contributed by atoms with Gasteiger partial charge in [-0.2, -0.15) is 0 Å². The molecule has 0 aliphatic rings. The number of rotatable bonds is 7. The van der Waals surface area contributed by atoms with Crippen molar-refractivity contribution in [3.8, 4) is 22.6 Å². The smallest absolute Gasteiger partial charge is 0.338 e. The second-order valence-electron chi connectivity index (χ2n) is 5.93. The minimum atomic E-state index is -0.345. The van der Waals surface area contributed by atoms with Gasteiger partial charge in [0.25, 0.3) is 0 Å². The quantitative estimate of drug-likeness (QED) is 0.547. The van der Waals surface area contributed by atoms with Crippen LogP contribution < -0.4 is 9.47 Å². The summed E-state index contributed by atoms with van der Waals surface area (Å²) in [6.45, 7) is 2.57. The maximum absolute atomic E-state index is 12.1. The Morgan fingerprint density at radius 1 is 0.926 bits per heavy atom. The van der Waals surface area contributed by atoms with E-state index in [0.29, 0.717) is 24.5 Å². The molecule has 4 heteroatoms. The third-order valence-corrected chi connectivity index (χ3v) is 4.13. The molecule has 0 heterocycles. The Bertz CT molecular complexity index is 886. The van der Waals surface area contributed by atoms with Crippen molar-refractivity contribution in [3.05, 3.63) is 83.9 Å². The summed E-state index contributed by atoms with van der Waals surface area (Å²) in [5.41, 5.74) is 3.34. The standard InChI is InChI=1S/C23H22O4/c1-3-26-23(24)19-11-14-22(27-16-17-7-5-4-6-8-17)21(15-19)18-9-12-20(25-2)13-10-18/h4-15H,3,16H2,1-2H3. The van der Waals surface area contributed by atoms with E-state index in [9.17, 15) is 4.79 Å². The van der Waals surface area contributed by atoms with Crippen molar-refractivity contribution in [2.45, 2.75) is 13.5 Å². The molecule has 0 amide bonds. The van der Waals surface area contributed by atoms with E-state index in [1.165, 1.54) is 0 Å². The predicted molar refractivity (Wildman–Crippen MR) is 105 cm³/mol. The van der Waals surface area contributed by atoms with Crippen LogP contribution in [0.5, 0.6) is 11.5 Å². The van der Waals surface area contributed by atoms with E-state index in [-0.39, 0.29) is 5.97 Å². The van der Waals surface area contributed by atoms with Gasteiger partial charge in [0.05, 0.1) is 19.3 Å². The fourth-order valence-corrected chi connectivity index (χ4v) is 2.73. The summed E-state index contributed by atoms with van der Waals surface area (Å²) >= 11 is 0. The number of benzene rings is 3. The zero-order chi connectivity index (χ0) is 19.1. The monoisotopic (exact) mass is 362 g/mol. The van der Waals surface area contributed by atoms with Crippen LogP contribution in [0.25, 0.3) is 11.1 Å². The molecule has 0 aliphatic carbocycles. The molecule has 0 aliphatic heterocycles. The van der Waals surface area contributed by atoms with Crippen LogP contribution in [-0.2, 0) is 11.3 Å². The van der Waals surface area contributed by atoms with Gasteiger partial charge in [-0.25, -0.2) is 4.79 Å². The van der Waals surface area contributed by atoms with Gasteiger partial charge in [-0.15, -0.1) is 0 Å². The summed E-state index contributed by atoms with van der Waals surface area (Å²) in [6.07, 6.45) is 0. The van der Waals surface area contributed by atoms with Crippen molar-refractivity contribution >= 4 is 5.97 Å². The Morgan fingerprint density at radius 2 is 1.67 bits per heavy atom. The Labute approximate surface area is 159 Å². The van der Waals surface area contributed by atoms with Crippen LogP contribution in [0.4, 0.5) is 0 Å². The fourth-order valence-electron chi connectivity index (χ4n) is 2.73. The van der Waals surface area contributed by atoms with Crippen molar-refractivity contribution in [2.24, 2.45) is 0 Å². The molecule has 4 nitrogen and oxygen atoms in total. The van der Waals surface area contributed by atoms with Crippen molar-refractivity contribution in [3.63, 3.8) is 0 Å². The molecule has 138 valence electrons. The molecular formula is C23H22O4. The first-order chi connectivity index (χ1) is 13.2. The molecule has 0 spiro atoms. The molecule has 0 N–H and O–H groups in total. The highest BCUT2D eigenvalue weighted by Crippen LogP contribution is 2.33. The number of methoxy groups -OCH3 is 1. The van der Waals surface area contributed by atoms with E-state index < -0.39 is 0 Å². The molecule has 3 rings (SSSR count). The number of ether oxygens (including phenoxy) is 3. The topological polar surface area (TPSA) is 44.8 Å². The fraction of sp³-hybridized carbons (Fsp3) is 0.174. The van der Waals surface area contributed by atoms with Crippen molar-refractivity contribution in [1.29, 1.82) is 0 Å². The molecular weight excluding hydrogens is 340 g/mol. The zero-order valence-corrected chi connectivity index (χ0v) is 15.5. The van der Waals surface area contributed by atoms with Crippen LogP contribution in [0, 0.1) is 0 Å². The summed E-state index contributed by atoms with van der Waals surface area (Å²) < 4.78 is 16.4. The Balaban J connectivity index is 1.93. The summed E-state index contributed by atoms with van der Waals surface area (Å²) in [7, 11) is 1.63. The first kappa shape index (κ1) is 18.5. The SMILES string of the molecule is CCOC(=O)c1ccc(OCc2ccccc2)c(-c2ccc(OC)cc2)c1. The third kappa shape index (κ3) is 4.67. The summed E-state index contributed by atoms with van der Waals surface area (Å²) in [5, 5.41) is 0. The molecule has 0 unspecified atom stereocenters. The third-order valence-electron chi connectivity index (χ3n) is 4.13. The second-order valence-corrected chi connectivity index (χ2v) is 5.93. The molecule has 0 bridgehead atoms. The highest BCUT2D eigenvalue weighted by Gasteiger charge is 2.13. The molecule has 0 saturated heterocycles. The number of hydrogen-bond acceptors (Lipinski definition) is 4. The molecule has 0 saturated carbocycles. The Hall–Kier alpha value is -3.27. The highest BCUT2D eigenvalue weighted by molar-refractivity contribution is 5.92. The number of carbonyl (C=O) groups is 1. The number of hydrogen-bond donors (Lipinski definition) is 0. The van der Waals surface area contributed by atoms with E-state index in [0.717, 1.165) is 22.4 Å². The van der Waals surface area contributed by atoms with Gasteiger partial charge in [0.15, 0.2) is 0 Å². The summed E-state index contributed by atoms with van der Waals surface area (Å²) in [5.74, 6) is 1.13. The van der Waals surface area contributed by atoms with Crippen LogP contribution >= 0.6 is 0 Å². The van der Waals surface area contributed by atoms with Crippen LogP contribution in [0.2, 0.25) is 0 Å². The molecule has 0 atom stereocenters. The first-order valence-corrected chi connectivity index (χ1v) is 8.83. The minimum absolute atomic E-state index is 0.336. The second kappa shape index (κ2) is 8.90. The van der Waals surface area contributed by atoms with Gasteiger partial charge in [0.2, 0.25) is 0 Å². The lowest BCUT2D eigenvalue weighted by Gasteiger charge is -2.14. The highest BCUT2D eigenvalue weighted by atomic mass is 16.5. The van der Waals surface area contributed by atoms with Crippen molar-refractivity contribution < 1.29 is 19.0 Å². The summed E-state index contributed by atoms with van der Waals surface area (Å²) in [6, 6.07) is 23.0. The molecule has 0 radical (unpaired) electrons. The maximum Gasteiger partial charge on any atom is 0.338 e. The minimum Gasteiger partial charge on any atom is -0.497 e. The molecule has 3 aromatic carbocycles. The van der Waals surface area contributed by atoms with E-state index in [1.54, 1.807) is 26.2 Å². The predicted octanol–water partition coefficient (Wildman–Crippen LogP) is 5.12. The van der Waals surface area contributed by atoms with Crippen LogP contribution in [0.3, 0.4) is 0 Å². The average molecular weight is 362 g/mol. The Morgan fingerprint density at radius 3 is 2.33 bits per heavy atom. The molecule has 3 aromatic rings. The van der Waals surface area contributed by atoms with Gasteiger partial charge in [-0.1, -0.05) is 42.5 Å². The van der Waals surface area contributed by atoms with Crippen molar-refractivity contribution in [2.75, 3.05) is 13.7 Å². The number of esters is 1. The normalized spacial score (nSPS) is 10.3. The van der Waals surface area contributed by atoms with Gasteiger partial charge in [-0.3, -0.25) is 0 Å². The van der Waals surface area contributed by atoms with Gasteiger partial charge in [0.1, 0.15) is 18.1 Å². The zero-order valence-electron chi connectivity index (χ0n) is 15.5. The number of carbonyl (C=O) groups excluding carboxylic acids is 1. The largest absolute Gasteiger partial charge is 0.497 e. The average Bonchev–Trinajstić information content (AvgIpc) is 2.73. The lowest BCUT2D eigenvalue weighted by molar-refractivity contribution is 0.0526. The van der Waals surface area contributed by atoms with Crippen LogP contribution in [-0.4, -0.2) is 19.7 Å². The van der Waals surface area contributed by atoms with Crippen LogP contribution in [0.1, 0.15) is 22.8 Å². The van der Waals surface area contributed by atoms with Gasteiger partial charge in [-0.05, 0) is 48.4 Å². The van der Waals surface area contributed by atoms with Gasteiger partial charge >= 0.3 is 5.97 Å². The molecule has 0 fully saturated rings. The van der Waals surface area contributed by atoms with Crippen molar-refractivity contribution in [1.82, 2.24) is 0 Å². The van der Waals surface area contributed by atoms with E-state index >= 15 is 0 Å². The van der Waals surface area contributed by atoms with E-state index in [1.807, 2.05) is 60.7 Å². The Kier molecular flexibility index (Phi) is 6.10. The van der Waals surface area contributed by atoms with Gasteiger partial charge < -0.3 is 14.2 Å². The molecule has 27 heavy (non-hydrogen) atoms. The van der Waals surface area contributed by atoms with Gasteiger partial charge in [0, 0.05) is 5.56 Å². The lowest BCUT2D eigenvalue weighted by Crippen LogP contribution is -2.05. The maximum atomic E-state index is 12.1. The van der Waals surface area contributed by atoms with Crippen LogP contribution in [0.15, 0.2) is 72.8 Å². The molecule has 0 aromatic heterocycles. The lowest BCUT2D eigenvalue weighted by atomic mass is 10.0.